The summed E-state index contributed by atoms with van der Waals surface area (Å²) in [7, 11) is 0. The van der Waals surface area contributed by atoms with Crippen molar-refractivity contribution in [2.45, 2.75) is 102 Å². The number of aliphatic carboxylic acids is 1. The van der Waals surface area contributed by atoms with Crippen molar-refractivity contribution < 1.29 is 29.0 Å². The molecule has 2 fully saturated rings. The van der Waals surface area contributed by atoms with Crippen LogP contribution < -0.4 is 10.6 Å². The van der Waals surface area contributed by atoms with Gasteiger partial charge < -0.3 is 25.4 Å². The first-order chi connectivity index (χ1) is 19.9. The Morgan fingerprint density at radius 2 is 1.95 bits per heavy atom. The molecule has 42 heavy (non-hydrogen) atoms. The van der Waals surface area contributed by atoms with Gasteiger partial charge in [0.2, 0.25) is 11.8 Å². The molecular weight excluding hydrogens is 540 g/mol. The maximum Gasteiger partial charge on any atom is 0.408 e. The number of aromatic nitrogens is 3. The van der Waals surface area contributed by atoms with Crippen molar-refractivity contribution in [3.8, 4) is 0 Å². The van der Waals surface area contributed by atoms with Gasteiger partial charge in [-0.3, -0.25) is 9.59 Å². The molecule has 1 aromatic heterocycles. The third-order valence-corrected chi connectivity index (χ3v) is 8.28. The van der Waals surface area contributed by atoms with Crippen molar-refractivity contribution in [3.05, 3.63) is 35.9 Å². The minimum atomic E-state index is -1.40. The molecule has 5 atom stereocenters. The maximum absolute atomic E-state index is 14.1. The van der Waals surface area contributed by atoms with Gasteiger partial charge in [-0.25, -0.2) is 9.59 Å². The molecule has 226 valence electrons. The molecule has 3 heterocycles. The molecule has 0 spiro atoms. The van der Waals surface area contributed by atoms with Crippen LogP contribution in [0.5, 0.6) is 0 Å². The molecule has 1 aromatic carbocycles. The van der Waals surface area contributed by atoms with Crippen molar-refractivity contribution >= 4 is 34.9 Å². The van der Waals surface area contributed by atoms with Gasteiger partial charge in [0.25, 0.3) is 0 Å². The fourth-order valence-electron chi connectivity index (χ4n) is 5.95. The van der Waals surface area contributed by atoms with Crippen LogP contribution in [0.4, 0.5) is 4.79 Å². The zero-order valence-corrected chi connectivity index (χ0v) is 24.6. The highest BCUT2D eigenvalue weighted by atomic mass is 16.6. The largest absolute Gasteiger partial charge is 0.479 e. The topological polar surface area (TPSA) is 156 Å². The number of carboxylic acids is 1. The summed E-state index contributed by atoms with van der Waals surface area (Å²) in [5.41, 5.74) is 0.248. The number of rotatable bonds is 3. The fourth-order valence-corrected chi connectivity index (χ4v) is 5.95. The highest BCUT2D eigenvalue weighted by Crippen LogP contribution is 2.45. The van der Waals surface area contributed by atoms with E-state index in [0.717, 1.165) is 30.3 Å². The van der Waals surface area contributed by atoms with Crippen molar-refractivity contribution in [2.24, 2.45) is 5.92 Å². The summed E-state index contributed by atoms with van der Waals surface area (Å²) in [6.45, 7) is 7.31. The minimum Gasteiger partial charge on any atom is -0.479 e. The van der Waals surface area contributed by atoms with Crippen LogP contribution in [0.15, 0.2) is 30.4 Å². The quantitative estimate of drug-likeness (QED) is 0.467. The van der Waals surface area contributed by atoms with Gasteiger partial charge in [0.05, 0.1) is 6.04 Å². The van der Waals surface area contributed by atoms with Gasteiger partial charge in [0.15, 0.2) is 0 Å². The van der Waals surface area contributed by atoms with Crippen LogP contribution in [-0.4, -0.2) is 78.6 Å². The Labute approximate surface area is 244 Å². The van der Waals surface area contributed by atoms with E-state index in [0.29, 0.717) is 24.8 Å². The summed E-state index contributed by atoms with van der Waals surface area (Å²) in [4.78, 5) is 56.0. The third-order valence-electron chi connectivity index (χ3n) is 8.28. The SMILES string of the molecule is Cc1cccc2nn([C@@H]3CC4C(=O)NC5(C(=O)O)CC5/C=C\CCCCCC(NC(=O)OC(C)(C)C)C(=O)N4C3)nc12. The van der Waals surface area contributed by atoms with Crippen molar-refractivity contribution in [1.29, 1.82) is 0 Å². The summed E-state index contributed by atoms with van der Waals surface area (Å²) in [6.07, 6.45) is 7.14. The lowest BCUT2D eigenvalue weighted by atomic mass is 10.0. The van der Waals surface area contributed by atoms with Gasteiger partial charge in [-0.15, -0.1) is 0 Å². The number of amides is 3. The van der Waals surface area contributed by atoms with E-state index in [2.05, 4.69) is 20.8 Å². The standard InChI is InChI=1S/C30H40N6O6/c1-18-11-10-14-21-24(18)34-36(33-21)20-15-23-25(37)32-30(27(39)40)16-19(30)12-8-6-5-7-9-13-22(26(38)35(23)17-20)31-28(41)42-29(2,3)4/h8,10-12,14,19-20,22-23H,5-7,9,13,15-17H2,1-4H3,(H,31,41)(H,32,37)(H,39,40)/b12-8-/t19?,20-,22?,23?,30?/m1/s1. The zero-order chi connectivity index (χ0) is 30.2. The molecule has 1 saturated carbocycles. The monoisotopic (exact) mass is 580 g/mol. The number of alkyl carbamates (subject to hydrolysis) is 1. The number of benzene rings is 1. The summed E-state index contributed by atoms with van der Waals surface area (Å²) >= 11 is 0. The number of allylic oxidation sites excluding steroid dienone is 1. The molecule has 4 unspecified atom stereocenters. The second-order valence-corrected chi connectivity index (χ2v) is 12.7. The number of carbonyl (C=O) groups is 4. The van der Waals surface area contributed by atoms with E-state index < -0.39 is 53.1 Å². The molecule has 0 bridgehead atoms. The number of fused-ring (bicyclic) bond motifs is 3. The van der Waals surface area contributed by atoms with E-state index in [9.17, 15) is 24.3 Å². The molecular formula is C30H40N6O6. The molecule has 5 rings (SSSR count). The Bertz CT molecular complexity index is 1410. The lowest BCUT2D eigenvalue weighted by Crippen LogP contribution is -2.56. The lowest BCUT2D eigenvalue weighted by molar-refractivity contribution is -0.145. The van der Waals surface area contributed by atoms with Crippen LogP contribution >= 0.6 is 0 Å². The minimum absolute atomic E-state index is 0.132. The molecule has 3 amide bonds. The lowest BCUT2D eigenvalue weighted by Gasteiger charge is -2.30. The van der Waals surface area contributed by atoms with E-state index >= 15 is 0 Å². The van der Waals surface area contributed by atoms with E-state index in [1.807, 2.05) is 37.3 Å². The first kappa shape index (κ1) is 29.5. The average molecular weight is 581 g/mol. The van der Waals surface area contributed by atoms with E-state index in [-0.39, 0.29) is 18.9 Å². The van der Waals surface area contributed by atoms with E-state index in [4.69, 9.17) is 4.74 Å². The Morgan fingerprint density at radius 1 is 1.17 bits per heavy atom. The van der Waals surface area contributed by atoms with E-state index in [1.165, 1.54) is 4.90 Å². The van der Waals surface area contributed by atoms with Crippen LogP contribution in [0.2, 0.25) is 0 Å². The first-order valence-electron chi connectivity index (χ1n) is 14.7. The normalized spacial score (nSPS) is 29.5. The number of ether oxygens (including phenoxy) is 1. The van der Waals surface area contributed by atoms with Gasteiger partial charge in [0, 0.05) is 18.9 Å². The van der Waals surface area contributed by atoms with Crippen molar-refractivity contribution in [1.82, 2.24) is 30.5 Å². The Kier molecular flexibility index (Phi) is 8.00. The predicted molar refractivity (Wildman–Crippen MR) is 153 cm³/mol. The van der Waals surface area contributed by atoms with Crippen LogP contribution in [-0.2, 0) is 19.1 Å². The number of hydrogen-bond acceptors (Lipinski definition) is 7. The van der Waals surface area contributed by atoms with Gasteiger partial charge in [-0.1, -0.05) is 37.1 Å². The molecule has 0 radical (unpaired) electrons. The molecule has 12 nitrogen and oxygen atoms in total. The Morgan fingerprint density at radius 3 is 2.67 bits per heavy atom. The average Bonchev–Trinajstić information content (AvgIpc) is 3.23. The number of carbonyl (C=O) groups excluding carboxylic acids is 3. The molecule has 2 aromatic rings. The summed E-state index contributed by atoms with van der Waals surface area (Å²) in [5.74, 6) is -2.36. The highest BCUT2D eigenvalue weighted by Gasteiger charge is 2.61. The molecule has 3 N–H and O–H groups in total. The smallest absolute Gasteiger partial charge is 0.408 e. The molecule has 12 heteroatoms. The number of hydrogen-bond donors (Lipinski definition) is 3. The van der Waals surface area contributed by atoms with Gasteiger partial charge in [-0.05, 0) is 65.0 Å². The molecule has 1 saturated heterocycles. The molecule has 2 aliphatic heterocycles. The summed E-state index contributed by atoms with van der Waals surface area (Å²) in [6, 6.07) is 3.39. The third kappa shape index (κ3) is 6.12. The molecule has 3 aliphatic rings. The number of aryl methyl sites for hydroxylation is 1. The van der Waals surface area contributed by atoms with Crippen molar-refractivity contribution in [2.75, 3.05) is 6.54 Å². The summed E-state index contributed by atoms with van der Waals surface area (Å²) in [5, 5.41) is 24.9. The van der Waals surface area contributed by atoms with Crippen LogP contribution in [0.25, 0.3) is 11.0 Å². The Balaban J connectivity index is 1.47. The van der Waals surface area contributed by atoms with E-state index in [1.54, 1.807) is 25.6 Å². The number of carboxylic acid groups (broad SMARTS) is 1. The van der Waals surface area contributed by atoms with Crippen LogP contribution in [0.3, 0.4) is 0 Å². The van der Waals surface area contributed by atoms with Crippen LogP contribution in [0, 0.1) is 12.8 Å². The second-order valence-electron chi connectivity index (χ2n) is 12.7. The van der Waals surface area contributed by atoms with Crippen LogP contribution in [0.1, 0.15) is 77.3 Å². The Hall–Kier alpha value is -3.96. The number of nitrogens with one attached hydrogen (secondary N) is 2. The number of nitrogens with zero attached hydrogens (tertiary/aromatic N) is 4. The zero-order valence-electron chi connectivity index (χ0n) is 24.6. The predicted octanol–water partition coefficient (Wildman–Crippen LogP) is 3.25. The highest BCUT2D eigenvalue weighted by molar-refractivity contribution is 5.96. The van der Waals surface area contributed by atoms with Gasteiger partial charge >= 0.3 is 12.1 Å². The van der Waals surface area contributed by atoms with Crippen molar-refractivity contribution in [3.63, 3.8) is 0 Å². The van der Waals surface area contributed by atoms with Gasteiger partial charge in [-0.2, -0.15) is 15.0 Å². The molecule has 1 aliphatic carbocycles. The first-order valence-corrected chi connectivity index (χ1v) is 14.7. The van der Waals surface area contributed by atoms with Gasteiger partial charge in [0.1, 0.15) is 34.3 Å². The fraction of sp³-hybridized carbons (Fsp3) is 0.600. The second kappa shape index (κ2) is 11.4. The maximum atomic E-state index is 14.1. The summed E-state index contributed by atoms with van der Waals surface area (Å²) < 4.78 is 5.44.